The fourth-order valence-corrected chi connectivity index (χ4v) is 6.03. The van der Waals surface area contributed by atoms with Crippen LogP contribution in [0.3, 0.4) is 0 Å². The Kier molecular flexibility index (Phi) is 5.56. The summed E-state index contributed by atoms with van der Waals surface area (Å²) < 4.78 is 38.4. The van der Waals surface area contributed by atoms with Gasteiger partial charge in [0.25, 0.3) is 10.0 Å². The van der Waals surface area contributed by atoms with E-state index >= 15 is 0 Å². The fraction of sp³-hybridized carbons (Fsp3) is 0.421. The van der Waals surface area contributed by atoms with Crippen LogP contribution in [0.2, 0.25) is 0 Å². The van der Waals surface area contributed by atoms with Gasteiger partial charge in [-0.25, -0.2) is 8.42 Å². The van der Waals surface area contributed by atoms with Gasteiger partial charge in [0.2, 0.25) is 5.91 Å². The summed E-state index contributed by atoms with van der Waals surface area (Å²) in [5.74, 6) is 1.15. The van der Waals surface area contributed by atoms with Gasteiger partial charge in [0.15, 0.2) is 11.5 Å². The second-order valence-corrected chi connectivity index (χ2v) is 9.97. The van der Waals surface area contributed by atoms with Gasteiger partial charge in [0.1, 0.15) is 16.9 Å². The molecule has 4 rings (SSSR count). The molecule has 0 saturated carbocycles. The summed E-state index contributed by atoms with van der Waals surface area (Å²) in [6.07, 6.45) is 0.793. The number of nitrogens with one attached hydrogen (secondary N) is 1. The van der Waals surface area contributed by atoms with Gasteiger partial charge in [-0.05, 0) is 36.4 Å². The molecular formula is C19H22N2O5S2. The van der Waals surface area contributed by atoms with Crippen LogP contribution in [0.25, 0.3) is 0 Å². The first-order valence-corrected chi connectivity index (χ1v) is 11.6. The number of para-hydroxylation sites is 2. The molecule has 0 unspecified atom stereocenters. The number of benzene rings is 1. The summed E-state index contributed by atoms with van der Waals surface area (Å²) in [5, 5.41) is 4.68. The summed E-state index contributed by atoms with van der Waals surface area (Å²) >= 11 is 1.22. The number of amides is 1. The van der Waals surface area contributed by atoms with Gasteiger partial charge < -0.3 is 14.8 Å². The lowest BCUT2D eigenvalue weighted by molar-refractivity contribution is -0.126. The van der Waals surface area contributed by atoms with E-state index in [0.717, 1.165) is 0 Å². The van der Waals surface area contributed by atoms with Gasteiger partial charge in [-0.3, -0.25) is 4.79 Å². The Morgan fingerprint density at radius 1 is 1.14 bits per heavy atom. The number of piperidine rings is 1. The van der Waals surface area contributed by atoms with Gasteiger partial charge in [0.05, 0.1) is 6.54 Å². The molecule has 0 spiro atoms. The molecule has 2 aliphatic rings. The molecule has 7 nitrogen and oxygen atoms in total. The number of sulfonamides is 1. The number of nitrogens with zero attached hydrogens (tertiary/aromatic N) is 1. The first-order chi connectivity index (χ1) is 13.5. The largest absolute Gasteiger partial charge is 0.486 e. The molecule has 0 aliphatic carbocycles. The monoisotopic (exact) mass is 422 g/mol. The van der Waals surface area contributed by atoms with Crippen LogP contribution in [0.5, 0.6) is 11.5 Å². The maximum Gasteiger partial charge on any atom is 0.252 e. The van der Waals surface area contributed by atoms with Crippen molar-refractivity contribution >= 4 is 27.3 Å². The average Bonchev–Trinajstić information content (AvgIpc) is 3.28. The summed E-state index contributed by atoms with van der Waals surface area (Å²) in [6, 6.07) is 10.8. The molecule has 2 aromatic rings. The van der Waals surface area contributed by atoms with Crippen molar-refractivity contribution in [2.24, 2.45) is 5.92 Å². The minimum atomic E-state index is -3.44. The Balaban J connectivity index is 1.26. The molecule has 0 radical (unpaired) electrons. The Morgan fingerprint density at radius 2 is 1.89 bits per heavy atom. The van der Waals surface area contributed by atoms with Gasteiger partial charge >= 0.3 is 0 Å². The Labute approximate surface area is 168 Å². The molecular weight excluding hydrogens is 400 g/mol. The Morgan fingerprint density at radius 3 is 2.61 bits per heavy atom. The second kappa shape index (κ2) is 8.10. The number of ether oxygens (including phenoxy) is 2. The average molecular weight is 423 g/mol. The zero-order valence-electron chi connectivity index (χ0n) is 15.2. The van der Waals surface area contributed by atoms with E-state index in [-0.39, 0.29) is 17.9 Å². The number of thiophene rings is 1. The molecule has 1 amide bonds. The number of hydrogen-bond donors (Lipinski definition) is 1. The molecule has 1 aromatic carbocycles. The van der Waals surface area contributed by atoms with Crippen LogP contribution in [-0.2, 0) is 14.8 Å². The highest BCUT2D eigenvalue weighted by molar-refractivity contribution is 7.91. The van der Waals surface area contributed by atoms with Gasteiger partial charge in [-0.2, -0.15) is 4.31 Å². The first-order valence-electron chi connectivity index (χ1n) is 9.24. The van der Waals surface area contributed by atoms with Crippen molar-refractivity contribution in [3.63, 3.8) is 0 Å². The smallest absolute Gasteiger partial charge is 0.252 e. The summed E-state index contributed by atoms with van der Waals surface area (Å²) in [6.45, 7) is 1.46. The van der Waals surface area contributed by atoms with Crippen molar-refractivity contribution in [3.8, 4) is 11.5 Å². The molecule has 1 N–H and O–H groups in total. The minimum Gasteiger partial charge on any atom is -0.486 e. The number of rotatable bonds is 5. The quantitative estimate of drug-likeness (QED) is 0.798. The molecule has 1 aromatic heterocycles. The van der Waals surface area contributed by atoms with Crippen LogP contribution >= 0.6 is 11.3 Å². The second-order valence-electron chi connectivity index (χ2n) is 6.85. The van der Waals surface area contributed by atoms with Crippen molar-refractivity contribution in [1.29, 1.82) is 0 Å². The lowest BCUT2D eigenvalue weighted by Gasteiger charge is -2.31. The van der Waals surface area contributed by atoms with Crippen LogP contribution in [-0.4, -0.2) is 51.0 Å². The van der Waals surface area contributed by atoms with E-state index in [1.807, 2.05) is 24.3 Å². The zero-order chi connectivity index (χ0) is 19.6. The van der Waals surface area contributed by atoms with Crippen molar-refractivity contribution in [1.82, 2.24) is 9.62 Å². The molecule has 9 heteroatoms. The van der Waals surface area contributed by atoms with E-state index in [1.54, 1.807) is 17.5 Å². The highest BCUT2D eigenvalue weighted by Gasteiger charge is 2.33. The molecule has 1 saturated heterocycles. The third-order valence-electron chi connectivity index (χ3n) is 4.99. The molecule has 150 valence electrons. The van der Waals surface area contributed by atoms with Crippen molar-refractivity contribution in [3.05, 3.63) is 41.8 Å². The number of carbonyl (C=O) groups is 1. The SMILES string of the molecule is O=C(NC[C@@H]1COc2ccccc2O1)C1CCN(S(=O)(=O)c2cccs2)CC1. The fourth-order valence-electron chi connectivity index (χ4n) is 3.42. The molecule has 3 heterocycles. The third-order valence-corrected chi connectivity index (χ3v) is 8.26. The molecule has 2 aliphatic heterocycles. The zero-order valence-corrected chi connectivity index (χ0v) is 16.9. The summed E-state index contributed by atoms with van der Waals surface area (Å²) in [7, 11) is -3.44. The topological polar surface area (TPSA) is 84.9 Å². The van der Waals surface area contributed by atoms with Crippen LogP contribution in [0.1, 0.15) is 12.8 Å². The predicted octanol–water partition coefficient (Wildman–Crippen LogP) is 2.10. The lowest BCUT2D eigenvalue weighted by Crippen LogP contribution is -2.46. The number of carbonyl (C=O) groups excluding carboxylic acids is 1. The Hall–Kier alpha value is -2.10. The molecule has 28 heavy (non-hydrogen) atoms. The summed E-state index contributed by atoms with van der Waals surface area (Å²) in [4.78, 5) is 12.5. The van der Waals surface area contributed by atoms with E-state index in [4.69, 9.17) is 9.47 Å². The maximum absolute atomic E-state index is 12.6. The molecule has 1 atom stereocenters. The first kappa shape index (κ1) is 19.2. The highest BCUT2D eigenvalue weighted by Crippen LogP contribution is 2.31. The number of fused-ring (bicyclic) bond motifs is 1. The van der Waals surface area contributed by atoms with E-state index in [0.29, 0.717) is 54.8 Å². The van der Waals surface area contributed by atoms with Crippen LogP contribution in [0.4, 0.5) is 0 Å². The lowest BCUT2D eigenvalue weighted by atomic mass is 9.97. The normalized spacial score (nSPS) is 20.6. The number of hydrogen-bond acceptors (Lipinski definition) is 6. The van der Waals surface area contributed by atoms with E-state index < -0.39 is 10.0 Å². The van der Waals surface area contributed by atoms with Crippen LogP contribution < -0.4 is 14.8 Å². The standard InChI is InChI=1S/C19H22N2O5S2/c22-19(20-12-15-13-25-16-4-1-2-5-17(16)26-15)14-7-9-21(10-8-14)28(23,24)18-6-3-11-27-18/h1-6,11,14-15H,7-10,12-13H2,(H,20,22)/t15-/m1/s1. The van der Waals surface area contributed by atoms with Crippen LogP contribution in [0, 0.1) is 5.92 Å². The van der Waals surface area contributed by atoms with Gasteiger partial charge in [0, 0.05) is 19.0 Å². The predicted molar refractivity (Wildman–Crippen MR) is 105 cm³/mol. The van der Waals surface area contributed by atoms with E-state index in [2.05, 4.69) is 5.32 Å². The van der Waals surface area contributed by atoms with E-state index in [9.17, 15) is 13.2 Å². The Bertz CT molecular complexity index is 922. The van der Waals surface area contributed by atoms with Crippen molar-refractivity contribution in [2.45, 2.75) is 23.2 Å². The maximum atomic E-state index is 12.6. The third kappa shape index (κ3) is 4.01. The van der Waals surface area contributed by atoms with Gasteiger partial charge in [-0.1, -0.05) is 18.2 Å². The summed E-state index contributed by atoms with van der Waals surface area (Å²) in [5.41, 5.74) is 0. The highest BCUT2D eigenvalue weighted by atomic mass is 32.2. The van der Waals surface area contributed by atoms with Gasteiger partial charge in [-0.15, -0.1) is 11.3 Å². The van der Waals surface area contributed by atoms with Crippen molar-refractivity contribution in [2.75, 3.05) is 26.2 Å². The molecule has 0 bridgehead atoms. The van der Waals surface area contributed by atoms with E-state index in [1.165, 1.54) is 15.6 Å². The van der Waals surface area contributed by atoms with Crippen molar-refractivity contribution < 1.29 is 22.7 Å². The molecule has 1 fully saturated rings. The van der Waals surface area contributed by atoms with Crippen LogP contribution in [0.15, 0.2) is 46.0 Å². The minimum absolute atomic E-state index is 0.0596.